The van der Waals surface area contributed by atoms with Crippen LogP contribution in [0.15, 0.2) is 60.8 Å². The van der Waals surface area contributed by atoms with E-state index in [1.165, 1.54) is 0 Å². The van der Waals surface area contributed by atoms with E-state index in [2.05, 4.69) is 15.3 Å². The maximum Gasteiger partial charge on any atom is 0.433 e. The van der Waals surface area contributed by atoms with Gasteiger partial charge in [0.05, 0.1) is 17.3 Å². The molecule has 2 aromatic heterocycles. The molecule has 3 rings (SSSR count). The molecule has 0 amide bonds. The Morgan fingerprint density at radius 2 is 1.89 bits per heavy atom. The third kappa shape index (κ3) is 4.23. The van der Waals surface area contributed by atoms with Crippen LogP contribution in [0.3, 0.4) is 0 Å². The van der Waals surface area contributed by atoms with Gasteiger partial charge in [-0.25, -0.2) is 4.98 Å². The van der Waals surface area contributed by atoms with Gasteiger partial charge < -0.3 is 5.32 Å². The van der Waals surface area contributed by atoms with Crippen LogP contribution in [0.4, 0.5) is 19.0 Å². The summed E-state index contributed by atoms with van der Waals surface area (Å²) in [5.41, 5.74) is 1.36. The second kappa shape index (κ2) is 7.46. The van der Waals surface area contributed by atoms with E-state index in [1.54, 1.807) is 24.4 Å². The van der Waals surface area contributed by atoms with Crippen LogP contribution >= 0.6 is 0 Å². The summed E-state index contributed by atoms with van der Waals surface area (Å²) in [6.45, 7) is 1.92. The summed E-state index contributed by atoms with van der Waals surface area (Å²) in [6, 6.07) is 16.1. The lowest BCUT2D eigenvalue weighted by Gasteiger charge is -2.21. The van der Waals surface area contributed by atoms with Crippen molar-refractivity contribution in [3.8, 4) is 6.07 Å². The Hall–Kier alpha value is -3.40. The molecule has 0 spiro atoms. The molecular weight excluding hydrogens is 353 g/mol. The number of aromatic nitrogens is 2. The number of aryl methyl sites for hydroxylation is 1. The highest BCUT2D eigenvalue weighted by atomic mass is 19.4. The van der Waals surface area contributed by atoms with Gasteiger partial charge in [0.1, 0.15) is 17.6 Å². The molecule has 2 heterocycles. The van der Waals surface area contributed by atoms with Gasteiger partial charge in [0.2, 0.25) is 0 Å². The number of hydrogen-bond donors (Lipinski definition) is 1. The molecule has 1 aromatic carbocycles. The molecule has 7 heteroatoms. The minimum absolute atomic E-state index is 0.0246. The number of pyridine rings is 2. The molecule has 0 bridgehead atoms. The molecular formula is C20H15F3N4. The van der Waals surface area contributed by atoms with Gasteiger partial charge in [0.25, 0.3) is 0 Å². The van der Waals surface area contributed by atoms with Gasteiger partial charge in [-0.1, -0.05) is 35.9 Å². The summed E-state index contributed by atoms with van der Waals surface area (Å²) in [5, 5.41) is 12.3. The SMILES string of the molecule is Cc1cccc(C(Nc2nc(C(F)(F)F)ccc2C#N)c2ccccn2)c1. The van der Waals surface area contributed by atoms with E-state index in [4.69, 9.17) is 0 Å². The van der Waals surface area contributed by atoms with Gasteiger partial charge >= 0.3 is 6.18 Å². The zero-order valence-electron chi connectivity index (χ0n) is 14.3. The largest absolute Gasteiger partial charge is 0.433 e. The molecule has 27 heavy (non-hydrogen) atoms. The second-order valence-corrected chi connectivity index (χ2v) is 5.95. The van der Waals surface area contributed by atoms with Crippen LogP contribution in [-0.4, -0.2) is 9.97 Å². The van der Waals surface area contributed by atoms with E-state index < -0.39 is 17.9 Å². The standard InChI is InChI=1S/C20H15F3N4/c1-13-5-4-6-14(11-13)18(16-7-2-3-10-25-16)27-19-15(12-24)8-9-17(26-19)20(21,22)23/h2-11,18H,1H3,(H,26,27). The molecule has 0 radical (unpaired) electrons. The first-order valence-electron chi connectivity index (χ1n) is 8.11. The van der Waals surface area contributed by atoms with Crippen molar-refractivity contribution in [1.29, 1.82) is 5.26 Å². The second-order valence-electron chi connectivity index (χ2n) is 5.95. The van der Waals surface area contributed by atoms with Crippen molar-refractivity contribution < 1.29 is 13.2 Å². The first kappa shape index (κ1) is 18.4. The van der Waals surface area contributed by atoms with E-state index >= 15 is 0 Å². The maximum absolute atomic E-state index is 13.1. The molecule has 136 valence electrons. The van der Waals surface area contributed by atoms with Crippen molar-refractivity contribution in [1.82, 2.24) is 9.97 Å². The summed E-state index contributed by atoms with van der Waals surface area (Å²) < 4.78 is 39.2. The number of benzene rings is 1. The van der Waals surface area contributed by atoms with E-state index in [-0.39, 0.29) is 11.4 Å². The zero-order chi connectivity index (χ0) is 19.4. The molecule has 0 aliphatic heterocycles. The zero-order valence-corrected chi connectivity index (χ0v) is 14.3. The number of alkyl halides is 3. The van der Waals surface area contributed by atoms with Gasteiger partial charge in [-0.2, -0.15) is 18.4 Å². The van der Waals surface area contributed by atoms with Gasteiger partial charge in [-0.05, 0) is 36.8 Å². The molecule has 0 saturated carbocycles. The summed E-state index contributed by atoms with van der Waals surface area (Å²) in [7, 11) is 0. The molecule has 1 N–H and O–H groups in total. The Morgan fingerprint density at radius 1 is 1.07 bits per heavy atom. The number of rotatable bonds is 4. The molecule has 1 atom stereocenters. The number of nitrogens with zero attached hydrogens (tertiary/aromatic N) is 3. The fraction of sp³-hybridized carbons (Fsp3) is 0.150. The molecule has 4 nitrogen and oxygen atoms in total. The smallest absolute Gasteiger partial charge is 0.356 e. The first-order chi connectivity index (χ1) is 12.9. The predicted molar refractivity (Wildman–Crippen MR) is 94.8 cm³/mol. The predicted octanol–water partition coefficient (Wildman–Crippen LogP) is 4.88. The fourth-order valence-corrected chi connectivity index (χ4v) is 2.68. The third-order valence-electron chi connectivity index (χ3n) is 3.95. The number of nitriles is 1. The first-order valence-corrected chi connectivity index (χ1v) is 8.11. The molecule has 0 fully saturated rings. The van der Waals surface area contributed by atoms with Gasteiger partial charge in [0, 0.05) is 6.20 Å². The van der Waals surface area contributed by atoms with Crippen LogP contribution in [0.1, 0.15) is 34.1 Å². The van der Waals surface area contributed by atoms with Crippen molar-refractivity contribution in [2.75, 3.05) is 5.32 Å². The Labute approximate surface area is 154 Å². The average molecular weight is 368 g/mol. The quantitative estimate of drug-likeness (QED) is 0.713. The normalized spacial score (nSPS) is 12.3. The topological polar surface area (TPSA) is 61.6 Å². The van der Waals surface area contributed by atoms with Crippen LogP contribution in [0, 0.1) is 18.3 Å². The van der Waals surface area contributed by atoms with Crippen molar-refractivity contribution in [3.05, 3.63) is 88.9 Å². The number of halogens is 3. The Bertz CT molecular complexity index is 979. The molecule has 3 aromatic rings. The highest BCUT2D eigenvalue weighted by molar-refractivity contribution is 5.55. The van der Waals surface area contributed by atoms with Crippen LogP contribution in [0.5, 0.6) is 0 Å². The molecule has 1 unspecified atom stereocenters. The summed E-state index contributed by atoms with van der Waals surface area (Å²) >= 11 is 0. The van der Waals surface area contributed by atoms with Crippen LogP contribution < -0.4 is 5.32 Å². The Kier molecular flexibility index (Phi) is 5.08. The molecule has 0 aliphatic rings. The Balaban J connectivity index is 2.09. The van der Waals surface area contributed by atoms with Gasteiger partial charge in [-0.3, -0.25) is 4.98 Å². The number of hydrogen-bond acceptors (Lipinski definition) is 4. The van der Waals surface area contributed by atoms with Crippen molar-refractivity contribution in [3.63, 3.8) is 0 Å². The summed E-state index contributed by atoms with van der Waals surface area (Å²) in [4.78, 5) is 7.95. The van der Waals surface area contributed by atoms with E-state index in [9.17, 15) is 18.4 Å². The highest BCUT2D eigenvalue weighted by Gasteiger charge is 2.33. The van der Waals surface area contributed by atoms with Crippen LogP contribution in [0.25, 0.3) is 0 Å². The minimum atomic E-state index is -4.60. The number of anilines is 1. The van der Waals surface area contributed by atoms with E-state index in [0.29, 0.717) is 5.69 Å². The van der Waals surface area contributed by atoms with E-state index in [1.807, 2.05) is 37.3 Å². The van der Waals surface area contributed by atoms with Gasteiger partial charge in [0.15, 0.2) is 0 Å². The van der Waals surface area contributed by atoms with E-state index in [0.717, 1.165) is 23.3 Å². The number of nitrogens with one attached hydrogen (secondary N) is 1. The maximum atomic E-state index is 13.1. The lowest BCUT2D eigenvalue weighted by molar-refractivity contribution is -0.141. The Morgan fingerprint density at radius 3 is 2.52 bits per heavy atom. The van der Waals surface area contributed by atoms with Crippen LogP contribution in [-0.2, 0) is 6.18 Å². The van der Waals surface area contributed by atoms with Gasteiger partial charge in [-0.15, -0.1) is 0 Å². The third-order valence-corrected chi connectivity index (χ3v) is 3.95. The minimum Gasteiger partial charge on any atom is -0.356 e. The monoisotopic (exact) mass is 368 g/mol. The van der Waals surface area contributed by atoms with Crippen molar-refractivity contribution in [2.45, 2.75) is 19.1 Å². The van der Waals surface area contributed by atoms with Crippen molar-refractivity contribution in [2.24, 2.45) is 0 Å². The molecule has 0 aliphatic carbocycles. The lowest BCUT2D eigenvalue weighted by atomic mass is 10.0. The highest BCUT2D eigenvalue weighted by Crippen LogP contribution is 2.31. The lowest BCUT2D eigenvalue weighted by Crippen LogP contribution is -2.17. The molecule has 0 saturated heterocycles. The average Bonchev–Trinajstić information content (AvgIpc) is 2.66. The fourth-order valence-electron chi connectivity index (χ4n) is 2.68. The van der Waals surface area contributed by atoms with Crippen molar-refractivity contribution >= 4 is 5.82 Å². The summed E-state index contributed by atoms with van der Waals surface area (Å²) in [6.07, 6.45) is -3.00. The van der Waals surface area contributed by atoms with Crippen LogP contribution in [0.2, 0.25) is 0 Å². The summed E-state index contributed by atoms with van der Waals surface area (Å²) in [5.74, 6) is -0.135.